The van der Waals surface area contributed by atoms with E-state index < -0.39 is 0 Å². The van der Waals surface area contributed by atoms with E-state index in [0.717, 1.165) is 65.2 Å². The van der Waals surface area contributed by atoms with Gasteiger partial charge >= 0.3 is 6.09 Å². The third-order valence-corrected chi connectivity index (χ3v) is 4.81. The molecule has 0 saturated carbocycles. The van der Waals surface area contributed by atoms with Gasteiger partial charge in [-0.25, -0.2) is 4.79 Å². The quantitative estimate of drug-likeness (QED) is 0.696. The summed E-state index contributed by atoms with van der Waals surface area (Å²) in [4.78, 5) is 31.9. The van der Waals surface area contributed by atoms with Crippen molar-refractivity contribution in [1.82, 2.24) is 19.6 Å². The number of hydrogen-bond donors (Lipinski definition) is 0. The topological polar surface area (TPSA) is 56.3 Å². The first-order valence-electron chi connectivity index (χ1n) is 8.36. The van der Waals surface area contributed by atoms with Crippen molar-refractivity contribution >= 4 is 12.0 Å². The van der Waals surface area contributed by atoms with Crippen LogP contribution in [0.3, 0.4) is 0 Å². The predicted octanol–water partition coefficient (Wildman–Crippen LogP) is -0.321. The number of carbonyl (C=O) groups is 2. The Morgan fingerprint density at radius 3 is 2.23 bits per heavy atom. The number of amides is 2. The molecule has 0 aromatic heterocycles. The minimum atomic E-state index is -0.185. The number of hydrogen-bond acceptors (Lipinski definition) is 5. The molecule has 7 nitrogen and oxygen atoms in total. The lowest BCUT2D eigenvalue weighted by atomic mass is 10.3. The predicted molar refractivity (Wildman–Crippen MR) is 81.6 cm³/mol. The van der Waals surface area contributed by atoms with E-state index in [1.54, 1.807) is 4.90 Å². The number of piperazine rings is 1. The maximum Gasteiger partial charge on any atom is 0.409 e. The zero-order valence-corrected chi connectivity index (χ0v) is 13.2. The Morgan fingerprint density at radius 1 is 0.909 bits per heavy atom. The Hall–Kier alpha value is -1.34. The molecule has 0 unspecified atom stereocenters. The molecule has 0 N–H and O–H groups in total. The third-order valence-electron chi connectivity index (χ3n) is 4.81. The van der Waals surface area contributed by atoms with E-state index in [0.29, 0.717) is 19.7 Å². The van der Waals surface area contributed by atoms with E-state index in [2.05, 4.69) is 9.80 Å². The number of carbonyl (C=O) groups excluding carboxylic acids is 2. The summed E-state index contributed by atoms with van der Waals surface area (Å²) in [7, 11) is 0. The summed E-state index contributed by atoms with van der Waals surface area (Å²) in [6, 6.07) is 0. The Kier molecular flexibility index (Phi) is 5.15. The van der Waals surface area contributed by atoms with E-state index in [9.17, 15) is 9.59 Å². The van der Waals surface area contributed by atoms with Crippen LogP contribution in [-0.2, 0) is 9.53 Å². The van der Waals surface area contributed by atoms with E-state index in [1.165, 1.54) is 0 Å². The average Bonchev–Trinajstić information content (AvgIpc) is 3.18. The van der Waals surface area contributed by atoms with Crippen molar-refractivity contribution in [2.45, 2.75) is 12.8 Å². The molecular weight excluding hydrogens is 284 g/mol. The van der Waals surface area contributed by atoms with Crippen molar-refractivity contribution in [2.24, 2.45) is 0 Å². The van der Waals surface area contributed by atoms with Crippen molar-refractivity contribution in [3.05, 3.63) is 0 Å². The van der Waals surface area contributed by atoms with Crippen LogP contribution in [0.15, 0.2) is 0 Å². The van der Waals surface area contributed by atoms with Gasteiger partial charge in [-0.1, -0.05) is 0 Å². The summed E-state index contributed by atoms with van der Waals surface area (Å²) in [6.07, 6.45) is 2.12. The van der Waals surface area contributed by atoms with Crippen molar-refractivity contribution in [2.75, 3.05) is 72.1 Å². The molecule has 3 aliphatic heterocycles. The number of ether oxygens (including phenoxy) is 1. The van der Waals surface area contributed by atoms with Crippen LogP contribution >= 0.6 is 0 Å². The van der Waals surface area contributed by atoms with Gasteiger partial charge in [-0.2, -0.15) is 0 Å². The fourth-order valence-electron chi connectivity index (χ4n) is 3.32. The summed E-state index contributed by atoms with van der Waals surface area (Å²) in [5, 5.41) is 0. The standard InChI is InChI=1S/C15H26N4O3/c20-14(18-3-1-2-4-18)13-17-7-5-16(6-8-17)9-10-19-11-12-22-15(19)21/h1-13H2. The van der Waals surface area contributed by atoms with Gasteiger partial charge in [-0.15, -0.1) is 0 Å². The average molecular weight is 310 g/mol. The first kappa shape index (κ1) is 15.6. The van der Waals surface area contributed by atoms with Crippen LogP contribution in [0.5, 0.6) is 0 Å². The van der Waals surface area contributed by atoms with Gasteiger partial charge in [0.25, 0.3) is 0 Å². The zero-order valence-electron chi connectivity index (χ0n) is 13.2. The van der Waals surface area contributed by atoms with Crippen molar-refractivity contribution < 1.29 is 14.3 Å². The third kappa shape index (κ3) is 3.89. The fraction of sp³-hybridized carbons (Fsp3) is 0.867. The van der Waals surface area contributed by atoms with Gasteiger partial charge in [0.1, 0.15) is 6.61 Å². The lowest BCUT2D eigenvalue weighted by Crippen LogP contribution is -2.51. The molecule has 22 heavy (non-hydrogen) atoms. The summed E-state index contributed by atoms with van der Waals surface area (Å²) in [6.45, 7) is 9.10. The van der Waals surface area contributed by atoms with E-state index in [1.807, 2.05) is 4.90 Å². The number of nitrogens with zero attached hydrogens (tertiary/aromatic N) is 4. The van der Waals surface area contributed by atoms with Crippen LogP contribution in [-0.4, -0.2) is 104 Å². The second-order valence-electron chi connectivity index (χ2n) is 6.31. The van der Waals surface area contributed by atoms with Gasteiger partial charge in [0.15, 0.2) is 0 Å². The van der Waals surface area contributed by atoms with Crippen LogP contribution < -0.4 is 0 Å². The van der Waals surface area contributed by atoms with Gasteiger partial charge in [-0.05, 0) is 12.8 Å². The first-order chi connectivity index (χ1) is 10.7. The molecule has 0 aromatic rings. The Bertz CT molecular complexity index is 404. The fourth-order valence-corrected chi connectivity index (χ4v) is 3.32. The highest BCUT2D eigenvalue weighted by atomic mass is 16.6. The number of likely N-dealkylation sites (tertiary alicyclic amines) is 1. The van der Waals surface area contributed by atoms with Crippen molar-refractivity contribution in [1.29, 1.82) is 0 Å². The molecule has 0 bridgehead atoms. The van der Waals surface area contributed by atoms with E-state index in [4.69, 9.17) is 4.74 Å². The molecule has 0 aliphatic carbocycles. The molecule has 3 fully saturated rings. The summed E-state index contributed by atoms with van der Waals surface area (Å²) < 4.78 is 4.93. The Labute approximate surface area is 131 Å². The maximum absolute atomic E-state index is 12.1. The number of rotatable bonds is 5. The van der Waals surface area contributed by atoms with Gasteiger partial charge in [0.05, 0.1) is 13.1 Å². The van der Waals surface area contributed by atoms with Crippen LogP contribution in [0.4, 0.5) is 4.79 Å². The number of cyclic esters (lactones) is 1. The molecule has 0 aromatic carbocycles. The molecule has 3 aliphatic rings. The smallest absolute Gasteiger partial charge is 0.409 e. The van der Waals surface area contributed by atoms with E-state index >= 15 is 0 Å². The van der Waals surface area contributed by atoms with Gasteiger partial charge < -0.3 is 14.5 Å². The van der Waals surface area contributed by atoms with Crippen molar-refractivity contribution in [3.8, 4) is 0 Å². The highest BCUT2D eigenvalue weighted by Crippen LogP contribution is 2.10. The lowest BCUT2D eigenvalue weighted by molar-refractivity contribution is -0.131. The maximum atomic E-state index is 12.1. The molecule has 0 atom stereocenters. The first-order valence-corrected chi connectivity index (χ1v) is 8.36. The summed E-state index contributed by atoms with van der Waals surface area (Å²) in [5.74, 6) is 0.283. The second-order valence-corrected chi connectivity index (χ2v) is 6.31. The minimum Gasteiger partial charge on any atom is -0.448 e. The molecule has 0 spiro atoms. The summed E-state index contributed by atoms with van der Waals surface area (Å²) >= 11 is 0. The van der Waals surface area contributed by atoms with Gasteiger partial charge in [0.2, 0.25) is 5.91 Å². The Morgan fingerprint density at radius 2 is 1.59 bits per heavy atom. The minimum absolute atomic E-state index is 0.185. The van der Waals surface area contributed by atoms with Crippen LogP contribution in [0.25, 0.3) is 0 Å². The van der Waals surface area contributed by atoms with Crippen LogP contribution in [0, 0.1) is 0 Å². The molecule has 2 amide bonds. The molecule has 3 heterocycles. The van der Waals surface area contributed by atoms with Crippen LogP contribution in [0.2, 0.25) is 0 Å². The lowest BCUT2D eigenvalue weighted by Gasteiger charge is -2.35. The van der Waals surface area contributed by atoms with E-state index in [-0.39, 0.29) is 12.0 Å². The van der Waals surface area contributed by atoms with Gasteiger partial charge in [0, 0.05) is 52.4 Å². The molecule has 3 saturated heterocycles. The largest absolute Gasteiger partial charge is 0.448 e. The molecule has 124 valence electrons. The molecular formula is C15H26N4O3. The highest BCUT2D eigenvalue weighted by Gasteiger charge is 2.25. The second kappa shape index (κ2) is 7.28. The molecule has 7 heteroatoms. The zero-order chi connectivity index (χ0) is 15.4. The molecule has 3 rings (SSSR count). The normalized spacial score (nSPS) is 24.1. The highest BCUT2D eigenvalue weighted by molar-refractivity contribution is 5.78. The van der Waals surface area contributed by atoms with Crippen LogP contribution in [0.1, 0.15) is 12.8 Å². The van der Waals surface area contributed by atoms with Gasteiger partial charge in [-0.3, -0.25) is 14.6 Å². The van der Waals surface area contributed by atoms with Crippen molar-refractivity contribution in [3.63, 3.8) is 0 Å². The Balaban J connectivity index is 1.33. The SMILES string of the molecule is O=C(CN1CCN(CCN2CCOC2=O)CC1)N1CCCC1. The molecule has 0 radical (unpaired) electrons. The summed E-state index contributed by atoms with van der Waals surface area (Å²) in [5.41, 5.74) is 0. The monoisotopic (exact) mass is 310 g/mol.